The van der Waals surface area contributed by atoms with Crippen LogP contribution in [0, 0.1) is 0 Å². The SMILES string of the molecule is C[SiH](O[Si](C)(C)C)C(N)C=CN. The first-order valence-corrected chi connectivity index (χ1v) is 9.88. The van der Waals surface area contributed by atoms with Gasteiger partial charge in [-0.1, -0.05) is 6.08 Å². The van der Waals surface area contributed by atoms with Gasteiger partial charge in [-0.15, -0.1) is 0 Å². The fraction of sp³-hybridized carbons (Fsp3) is 0.714. The molecule has 0 bridgehead atoms. The first-order valence-electron chi connectivity index (χ1n) is 4.18. The van der Waals surface area contributed by atoms with Crippen LogP contribution in [0.5, 0.6) is 0 Å². The van der Waals surface area contributed by atoms with E-state index in [2.05, 4.69) is 26.2 Å². The molecule has 0 aromatic heterocycles. The van der Waals surface area contributed by atoms with Crippen molar-refractivity contribution in [2.45, 2.75) is 31.9 Å². The van der Waals surface area contributed by atoms with E-state index in [4.69, 9.17) is 15.6 Å². The van der Waals surface area contributed by atoms with Gasteiger partial charge in [0.1, 0.15) is 0 Å². The van der Waals surface area contributed by atoms with Crippen molar-refractivity contribution in [2.24, 2.45) is 11.5 Å². The van der Waals surface area contributed by atoms with Crippen LogP contribution >= 0.6 is 0 Å². The molecule has 2 unspecified atom stereocenters. The second-order valence-corrected chi connectivity index (χ2v) is 11.2. The Kier molecular flexibility index (Phi) is 4.76. The minimum atomic E-state index is -1.41. The van der Waals surface area contributed by atoms with E-state index in [-0.39, 0.29) is 5.67 Å². The molecule has 0 aromatic carbocycles. The van der Waals surface area contributed by atoms with Crippen molar-refractivity contribution in [1.29, 1.82) is 0 Å². The Hall–Kier alpha value is -0.106. The van der Waals surface area contributed by atoms with Gasteiger partial charge in [-0.2, -0.15) is 0 Å². The Morgan fingerprint density at radius 3 is 2.25 bits per heavy atom. The van der Waals surface area contributed by atoms with Crippen LogP contribution < -0.4 is 11.5 Å². The zero-order valence-corrected chi connectivity index (χ0v) is 10.5. The fourth-order valence-electron chi connectivity index (χ4n) is 0.921. The van der Waals surface area contributed by atoms with Crippen molar-refractivity contribution in [2.75, 3.05) is 0 Å². The van der Waals surface area contributed by atoms with E-state index in [1.165, 1.54) is 6.20 Å². The molecule has 0 aliphatic heterocycles. The highest BCUT2D eigenvalue weighted by molar-refractivity contribution is 6.77. The summed E-state index contributed by atoms with van der Waals surface area (Å²) in [5.41, 5.74) is 11.1. The van der Waals surface area contributed by atoms with Crippen LogP contribution in [0.2, 0.25) is 26.2 Å². The van der Waals surface area contributed by atoms with Crippen molar-refractivity contribution >= 4 is 17.4 Å². The fourth-order valence-corrected chi connectivity index (χ4v) is 6.45. The summed E-state index contributed by atoms with van der Waals surface area (Å²) in [4.78, 5) is 0. The Bertz CT molecular complexity index is 156. The van der Waals surface area contributed by atoms with Gasteiger partial charge in [0.15, 0.2) is 17.4 Å². The van der Waals surface area contributed by atoms with Crippen LogP contribution in [-0.4, -0.2) is 23.0 Å². The van der Waals surface area contributed by atoms with E-state index >= 15 is 0 Å². The Morgan fingerprint density at radius 2 is 1.92 bits per heavy atom. The summed E-state index contributed by atoms with van der Waals surface area (Å²) in [5, 5.41) is 0. The van der Waals surface area contributed by atoms with Crippen LogP contribution in [0.25, 0.3) is 0 Å². The second-order valence-electron chi connectivity index (χ2n) is 3.90. The van der Waals surface area contributed by atoms with Gasteiger partial charge in [0.05, 0.1) is 0 Å². The quantitative estimate of drug-likeness (QED) is 0.657. The summed E-state index contributed by atoms with van der Waals surface area (Å²) >= 11 is 0. The van der Waals surface area contributed by atoms with Crippen LogP contribution in [-0.2, 0) is 4.12 Å². The maximum atomic E-state index is 5.90. The molecule has 72 valence electrons. The summed E-state index contributed by atoms with van der Waals surface area (Å²) < 4.78 is 5.90. The van der Waals surface area contributed by atoms with Gasteiger partial charge in [0.2, 0.25) is 0 Å². The lowest BCUT2D eigenvalue weighted by Gasteiger charge is -2.25. The molecule has 0 spiro atoms. The van der Waals surface area contributed by atoms with E-state index in [1.54, 1.807) is 0 Å². The summed E-state index contributed by atoms with van der Waals surface area (Å²) in [6.45, 7) is 8.64. The van der Waals surface area contributed by atoms with Gasteiger partial charge in [0.25, 0.3) is 0 Å². The molecular weight excluding hydrogens is 184 g/mol. The van der Waals surface area contributed by atoms with Gasteiger partial charge in [0, 0.05) is 5.67 Å². The highest BCUT2D eigenvalue weighted by Crippen LogP contribution is 2.06. The zero-order valence-electron chi connectivity index (χ0n) is 8.37. The average molecular weight is 204 g/mol. The average Bonchev–Trinajstić information content (AvgIpc) is 1.84. The molecular formula is C7H20N2OSi2. The molecule has 12 heavy (non-hydrogen) atoms. The maximum absolute atomic E-state index is 5.90. The van der Waals surface area contributed by atoms with E-state index < -0.39 is 17.4 Å². The van der Waals surface area contributed by atoms with Crippen molar-refractivity contribution in [1.82, 2.24) is 0 Å². The maximum Gasteiger partial charge on any atom is 0.180 e. The Morgan fingerprint density at radius 1 is 1.42 bits per heavy atom. The smallest absolute Gasteiger partial charge is 0.180 e. The minimum Gasteiger partial charge on any atom is -0.457 e. The van der Waals surface area contributed by atoms with Crippen molar-refractivity contribution in [3.8, 4) is 0 Å². The lowest BCUT2D eigenvalue weighted by Crippen LogP contribution is -2.44. The Balaban J connectivity index is 3.95. The largest absolute Gasteiger partial charge is 0.457 e. The first-order chi connectivity index (χ1) is 5.37. The lowest BCUT2D eigenvalue weighted by molar-refractivity contribution is 0.565. The molecule has 3 nitrogen and oxygen atoms in total. The molecule has 0 rings (SSSR count). The lowest BCUT2D eigenvalue weighted by atomic mass is 10.6. The molecule has 5 heteroatoms. The first kappa shape index (κ1) is 11.9. The molecule has 2 atom stereocenters. The van der Waals surface area contributed by atoms with Gasteiger partial charge in [-0.05, 0) is 32.4 Å². The summed E-state index contributed by atoms with van der Waals surface area (Å²) in [7, 11) is -2.67. The topological polar surface area (TPSA) is 61.3 Å². The molecule has 4 N–H and O–H groups in total. The molecule has 0 aromatic rings. The van der Waals surface area contributed by atoms with Crippen molar-refractivity contribution in [3.63, 3.8) is 0 Å². The van der Waals surface area contributed by atoms with Crippen LogP contribution in [0.4, 0.5) is 0 Å². The summed E-state index contributed by atoms with van der Waals surface area (Å²) in [6.07, 6.45) is 3.32. The monoisotopic (exact) mass is 204 g/mol. The van der Waals surface area contributed by atoms with Crippen molar-refractivity contribution in [3.05, 3.63) is 12.3 Å². The predicted octanol–water partition coefficient (Wildman–Crippen LogP) is 0.530. The summed E-state index contributed by atoms with van der Waals surface area (Å²) in [6, 6.07) is 0. The third-order valence-corrected chi connectivity index (χ3v) is 7.04. The predicted molar refractivity (Wildman–Crippen MR) is 58.7 cm³/mol. The van der Waals surface area contributed by atoms with Crippen LogP contribution in [0.15, 0.2) is 12.3 Å². The normalized spacial score (nSPS) is 18.1. The molecule has 0 saturated heterocycles. The van der Waals surface area contributed by atoms with Gasteiger partial charge in [-0.25, -0.2) is 0 Å². The van der Waals surface area contributed by atoms with E-state index in [1.807, 2.05) is 6.08 Å². The van der Waals surface area contributed by atoms with E-state index in [9.17, 15) is 0 Å². The molecule has 0 fully saturated rings. The van der Waals surface area contributed by atoms with Crippen LogP contribution in [0.1, 0.15) is 0 Å². The molecule has 0 heterocycles. The molecule has 0 radical (unpaired) electrons. The molecule has 0 aliphatic carbocycles. The third-order valence-electron chi connectivity index (χ3n) is 1.41. The number of hydrogen-bond acceptors (Lipinski definition) is 3. The Labute approximate surface area is 77.6 Å². The zero-order chi connectivity index (χ0) is 9.78. The minimum absolute atomic E-state index is 0.0433. The van der Waals surface area contributed by atoms with Crippen LogP contribution in [0.3, 0.4) is 0 Å². The van der Waals surface area contributed by atoms with E-state index in [0.29, 0.717) is 0 Å². The highest BCUT2D eigenvalue weighted by Gasteiger charge is 2.21. The third kappa shape index (κ3) is 5.53. The standard InChI is InChI=1S/C7H20N2OSi2/c1-11(7(9)5-6-8)10-12(2,3)4/h5-7,11H,8-9H2,1-4H3. The van der Waals surface area contributed by atoms with Crippen molar-refractivity contribution < 1.29 is 4.12 Å². The number of rotatable bonds is 4. The molecule has 0 aliphatic rings. The van der Waals surface area contributed by atoms with E-state index in [0.717, 1.165) is 0 Å². The van der Waals surface area contributed by atoms with Gasteiger partial charge < -0.3 is 15.6 Å². The number of hydrogen-bond donors (Lipinski definition) is 2. The second kappa shape index (κ2) is 4.81. The summed E-state index contributed by atoms with van der Waals surface area (Å²) in [5.74, 6) is 0. The van der Waals surface area contributed by atoms with Gasteiger partial charge in [-0.3, -0.25) is 0 Å². The number of nitrogens with two attached hydrogens (primary N) is 2. The molecule has 0 saturated carbocycles. The molecule has 0 amide bonds. The highest BCUT2D eigenvalue weighted by atomic mass is 28.4. The van der Waals surface area contributed by atoms with Gasteiger partial charge >= 0.3 is 0 Å².